The molecule has 0 saturated carbocycles. The number of nitrogens with two attached hydrogens (primary N) is 1. The first-order valence-electron chi connectivity index (χ1n) is 8.37. The molecule has 1 fully saturated rings. The molecule has 0 aromatic rings. The van der Waals surface area contributed by atoms with Crippen molar-refractivity contribution in [2.45, 2.75) is 64.8 Å². The maximum Gasteiger partial charge on any atom is 0.0107 e. The van der Waals surface area contributed by atoms with Gasteiger partial charge in [0.25, 0.3) is 0 Å². The van der Waals surface area contributed by atoms with Crippen LogP contribution in [0.2, 0.25) is 0 Å². The molecular weight excluding hydrogens is 234 g/mol. The maximum absolute atomic E-state index is 5.91. The van der Waals surface area contributed by atoms with Gasteiger partial charge in [-0.1, -0.05) is 39.5 Å². The third-order valence-corrected chi connectivity index (χ3v) is 4.12. The Morgan fingerprint density at radius 1 is 1.05 bits per heavy atom. The van der Waals surface area contributed by atoms with E-state index in [0.717, 1.165) is 12.5 Å². The summed E-state index contributed by atoms with van der Waals surface area (Å²) in [5.41, 5.74) is 5.91. The van der Waals surface area contributed by atoms with Crippen molar-refractivity contribution < 1.29 is 0 Å². The minimum absolute atomic E-state index is 0.454. The van der Waals surface area contributed by atoms with Crippen molar-refractivity contribution in [3.63, 3.8) is 0 Å². The lowest BCUT2D eigenvalue weighted by Gasteiger charge is -2.30. The van der Waals surface area contributed by atoms with Crippen LogP contribution in [-0.4, -0.2) is 43.7 Å². The third kappa shape index (κ3) is 9.42. The van der Waals surface area contributed by atoms with Gasteiger partial charge in [-0.05, 0) is 44.8 Å². The van der Waals surface area contributed by atoms with Crippen LogP contribution < -0.4 is 11.1 Å². The number of unbranched alkanes of at least 4 members (excludes halogenated alkanes) is 3. The second-order valence-electron chi connectivity index (χ2n) is 6.53. The van der Waals surface area contributed by atoms with Crippen LogP contribution in [0.5, 0.6) is 0 Å². The fourth-order valence-corrected chi connectivity index (χ4v) is 2.69. The molecule has 0 atom stereocenters. The predicted octanol–water partition coefficient (Wildman–Crippen LogP) is 2.61. The molecule has 3 heteroatoms. The van der Waals surface area contributed by atoms with Gasteiger partial charge >= 0.3 is 0 Å². The molecule has 0 aromatic heterocycles. The highest BCUT2D eigenvalue weighted by molar-refractivity contribution is 4.74. The molecule has 0 spiro atoms. The molecule has 3 N–H and O–H groups in total. The van der Waals surface area contributed by atoms with Gasteiger partial charge in [-0.2, -0.15) is 0 Å². The Labute approximate surface area is 120 Å². The van der Waals surface area contributed by atoms with E-state index in [1.165, 1.54) is 71.1 Å². The summed E-state index contributed by atoms with van der Waals surface area (Å²) in [6, 6.07) is 0.454. The van der Waals surface area contributed by atoms with Crippen molar-refractivity contribution >= 4 is 0 Å². The van der Waals surface area contributed by atoms with Crippen LogP contribution in [0, 0.1) is 5.92 Å². The average Bonchev–Trinajstić information content (AvgIpc) is 2.38. The first-order valence-corrected chi connectivity index (χ1v) is 8.37. The minimum Gasteiger partial charge on any atom is -0.328 e. The van der Waals surface area contributed by atoms with E-state index in [-0.39, 0.29) is 0 Å². The Morgan fingerprint density at radius 3 is 2.42 bits per heavy atom. The number of hydrogen-bond acceptors (Lipinski definition) is 3. The quantitative estimate of drug-likeness (QED) is 0.599. The highest BCUT2D eigenvalue weighted by atomic mass is 15.1. The summed E-state index contributed by atoms with van der Waals surface area (Å²) < 4.78 is 0. The smallest absolute Gasteiger partial charge is 0.0107 e. The molecule has 0 aliphatic carbocycles. The molecule has 0 unspecified atom stereocenters. The van der Waals surface area contributed by atoms with Crippen molar-refractivity contribution in [1.82, 2.24) is 10.2 Å². The lowest BCUT2D eigenvalue weighted by molar-refractivity contribution is 0.213. The van der Waals surface area contributed by atoms with Crippen LogP contribution in [0.3, 0.4) is 0 Å². The van der Waals surface area contributed by atoms with E-state index in [1.54, 1.807) is 0 Å². The van der Waals surface area contributed by atoms with Gasteiger partial charge in [-0.25, -0.2) is 0 Å². The van der Waals surface area contributed by atoms with Crippen molar-refractivity contribution in [2.75, 3.05) is 32.7 Å². The summed E-state index contributed by atoms with van der Waals surface area (Å²) in [7, 11) is 0. The average molecular weight is 269 g/mol. The molecule has 1 aliphatic rings. The molecule has 19 heavy (non-hydrogen) atoms. The highest BCUT2D eigenvalue weighted by Gasteiger charge is 2.14. The van der Waals surface area contributed by atoms with Crippen LogP contribution in [0.4, 0.5) is 0 Å². The molecular formula is C16H35N3. The predicted molar refractivity (Wildman–Crippen MR) is 84.4 cm³/mol. The van der Waals surface area contributed by atoms with Gasteiger partial charge in [-0.3, -0.25) is 0 Å². The lowest BCUT2D eigenvalue weighted by Crippen LogP contribution is -2.42. The van der Waals surface area contributed by atoms with Crippen molar-refractivity contribution in [3.8, 4) is 0 Å². The summed E-state index contributed by atoms with van der Waals surface area (Å²) in [4.78, 5) is 2.54. The molecule has 0 radical (unpaired) electrons. The van der Waals surface area contributed by atoms with Gasteiger partial charge in [-0.15, -0.1) is 0 Å². The van der Waals surface area contributed by atoms with Crippen LogP contribution in [0.25, 0.3) is 0 Å². The second kappa shape index (κ2) is 10.6. The fourth-order valence-electron chi connectivity index (χ4n) is 2.69. The number of nitrogens with one attached hydrogen (secondary N) is 1. The largest absolute Gasteiger partial charge is 0.328 e. The van der Waals surface area contributed by atoms with Crippen molar-refractivity contribution in [2.24, 2.45) is 11.7 Å². The Morgan fingerprint density at radius 2 is 1.74 bits per heavy atom. The van der Waals surface area contributed by atoms with Gasteiger partial charge in [0.05, 0.1) is 0 Å². The van der Waals surface area contributed by atoms with Crippen LogP contribution in [0.15, 0.2) is 0 Å². The molecule has 1 rings (SSSR count). The molecule has 3 nitrogen and oxygen atoms in total. The summed E-state index contributed by atoms with van der Waals surface area (Å²) in [6.07, 6.45) is 9.28. The van der Waals surface area contributed by atoms with Crippen molar-refractivity contribution in [1.29, 1.82) is 0 Å². The zero-order chi connectivity index (χ0) is 13.9. The van der Waals surface area contributed by atoms with E-state index in [4.69, 9.17) is 5.73 Å². The van der Waals surface area contributed by atoms with E-state index in [9.17, 15) is 0 Å². The highest BCUT2D eigenvalue weighted by Crippen LogP contribution is 2.09. The van der Waals surface area contributed by atoms with Gasteiger partial charge in [0.15, 0.2) is 0 Å². The Hall–Kier alpha value is -0.120. The fraction of sp³-hybridized carbons (Fsp3) is 1.00. The van der Waals surface area contributed by atoms with E-state index < -0.39 is 0 Å². The van der Waals surface area contributed by atoms with Crippen LogP contribution in [-0.2, 0) is 0 Å². The molecule has 1 heterocycles. The Kier molecular flexibility index (Phi) is 9.48. The zero-order valence-corrected chi connectivity index (χ0v) is 13.2. The molecule has 0 amide bonds. The van der Waals surface area contributed by atoms with Gasteiger partial charge in [0.2, 0.25) is 0 Å². The minimum atomic E-state index is 0.454. The first kappa shape index (κ1) is 16.9. The van der Waals surface area contributed by atoms with E-state index in [0.29, 0.717) is 6.04 Å². The number of nitrogens with zero attached hydrogens (tertiary/aromatic N) is 1. The molecule has 0 bridgehead atoms. The second-order valence-corrected chi connectivity index (χ2v) is 6.53. The van der Waals surface area contributed by atoms with Gasteiger partial charge < -0.3 is 16.0 Å². The van der Waals surface area contributed by atoms with Gasteiger partial charge in [0, 0.05) is 19.1 Å². The number of rotatable bonds is 10. The van der Waals surface area contributed by atoms with Crippen LogP contribution >= 0.6 is 0 Å². The Balaban J connectivity index is 1.79. The normalized spacial score (nSPS) is 18.3. The maximum atomic E-state index is 5.91. The Bertz CT molecular complexity index is 198. The molecule has 1 saturated heterocycles. The molecule has 1 aliphatic heterocycles. The topological polar surface area (TPSA) is 41.3 Å². The van der Waals surface area contributed by atoms with Crippen molar-refractivity contribution in [3.05, 3.63) is 0 Å². The van der Waals surface area contributed by atoms with E-state index in [2.05, 4.69) is 24.1 Å². The SMILES string of the molecule is CC(C)CCCCCCNCCN1CCC(N)CC1. The van der Waals surface area contributed by atoms with Crippen LogP contribution in [0.1, 0.15) is 58.8 Å². The standard InChI is InChI=1S/C16H35N3/c1-15(2)7-5-3-4-6-10-18-11-14-19-12-8-16(17)9-13-19/h15-16,18H,3-14,17H2,1-2H3. The van der Waals surface area contributed by atoms with E-state index in [1.807, 2.05) is 0 Å². The summed E-state index contributed by atoms with van der Waals surface area (Å²) >= 11 is 0. The zero-order valence-electron chi connectivity index (χ0n) is 13.2. The summed E-state index contributed by atoms with van der Waals surface area (Å²) in [5.74, 6) is 0.871. The van der Waals surface area contributed by atoms with Gasteiger partial charge in [0.1, 0.15) is 0 Å². The molecule has 114 valence electrons. The monoisotopic (exact) mass is 269 g/mol. The first-order chi connectivity index (χ1) is 9.18. The lowest BCUT2D eigenvalue weighted by atomic mass is 10.0. The summed E-state index contributed by atoms with van der Waals surface area (Å²) in [6.45, 7) is 10.5. The number of hydrogen-bond donors (Lipinski definition) is 2. The van der Waals surface area contributed by atoms with E-state index >= 15 is 0 Å². The number of piperidine rings is 1. The molecule has 0 aromatic carbocycles. The number of likely N-dealkylation sites (tertiary alicyclic amines) is 1. The third-order valence-electron chi connectivity index (χ3n) is 4.12. The summed E-state index contributed by atoms with van der Waals surface area (Å²) in [5, 5.41) is 3.57.